The van der Waals surface area contributed by atoms with Gasteiger partial charge in [-0.1, -0.05) is 42.5 Å². The van der Waals surface area contributed by atoms with E-state index in [1.807, 2.05) is 0 Å². The fraction of sp³-hybridized carbons (Fsp3) is 0.400. The van der Waals surface area contributed by atoms with Crippen molar-refractivity contribution in [3.05, 3.63) is 65.2 Å². The number of rotatable bonds is 4. The van der Waals surface area contributed by atoms with Gasteiger partial charge < -0.3 is 15.1 Å². The van der Waals surface area contributed by atoms with Gasteiger partial charge >= 0.3 is 12.4 Å². The molecule has 0 aromatic heterocycles. The molecular weight excluding hydrogens is 400 g/mol. The molecule has 1 heterocycles. The number of β-amino-alcohol motifs (C(OH)–C–C–N with tert-alkyl or cyclic N) is 1. The predicted octanol–water partition coefficient (Wildman–Crippen LogP) is 4.48. The van der Waals surface area contributed by atoms with Gasteiger partial charge in [-0.2, -0.15) is 26.3 Å². The number of hydrogen-bond donors (Lipinski definition) is 2. The van der Waals surface area contributed by atoms with E-state index in [1.165, 1.54) is 0 Å². The third kappa shape index (κ3) is 3.69. The second-order valence-electron chi connectivity index (χ2n) is 7.18. The second-order valence-corrected chi connectivity index (χ2v) is 7.18. The van der Waals surface area contributed by atoms with Gasteiger partial charge in [0.1, 0.15) is 0 Å². The summed E-state index contributed by atoms with van der Waals surface area (Å²) in [6.45, 7) is 1.89. The molecule has 0 radical (unpaired) electrons. The van der Waals surface area contributed by atoms with E-state index in [9.17, 15) is 36.6 Å². The fourth-order valence-corrected chi connectivity index (χ4v) is 3.65. The van der Waals surface area contributed by atoms with Gasteiger partial charge in [0.15, 0.2) is 0 Å². The molecule has 1 aliphatic heterocycles. The molecule has 2 atom stereocenters. The summed E-state index contributed by atoms with van der Waals surface area (Å²) in [7, 11) is 0. The zero-order chi connectivity index (χ0) is 21.6. The molecule has 2 N–H and O–H groups in total. The van der Waals surface area contributed by atoms with Crippen molar-refractivity contribution in [2.45, 2.75) is 43.4 Å². The summed E-state index contributed by atoms with van der Waals surface area (Å²) in [5, 5.41) is 20.1. The van der Waals surface area contributed by atoms with Crippen molar-refractivity contribution in [3.63, 3.8) is 0 Å². The van der Waals surface area contributed by atoms with Crippen molar-refractivity contribution in [1.82, 2.24) is 0 Å². The molecule has 2 aromatic rings. The molecule has 0 saturated carbocycles. The molecule has 3 rings (SSSR count). The molecule has 0 spiro atoms. The Kier molecular flexibility index (Phi) is 5.33. The van der Waals surface area contributed by atoms with Crippen LogP contribution >= 0.6 is 0 Å². The summed E-state index contributed by atoms with van der Waals surface area (Å²) < 4.78 is 78.8. The van der Waals surface area contributed by atoms with Crippen molar-refractivity contribution in [3.8, 4) is 0 Å². The average Bonchev–Trinajstić information content (AvgIpc) is 2.94. The van der Waals surface area contributed by atoms with E-state index in [1.54, 1.807) is 42.2 Å². The van der Waals surface area contributed by atoms with Crippen LogP contribution in [0.15, 0.2) is 48.5 Å². The quantitative estimate of drug-likeness (QED) is 0.719. The smallest absolute Gasteiger partial charge is 0.387 e. The molecule has 2 unspecified atom stereocenters. The predicted molar refractivity (Wildman–Crippen MR) is 94.4 cm³/mol. The Labute approximate surface area is 163 Å². The van der Waals surface area contributed by atoms with E-state index in [-0.39, 0.29) is 24.6 Å². The Morgan fingerprint density at radius 3 is 2.14 bits per heavy atom. The van der Waals surface area contributed by atoms with Crippen LogP contribution in [0.2, 0.25) is 0 Å². The van der Waals surface area contributed by atoms with Crippen LogP contribution < -0.4 is 4.90 Å². The third-order valence-corrected chi connectivity index (χ3v) is 5.23. The normalized spacial score (nSPS) is 18.7. The maximum atomic E-state index is 13.1. The van der Waals surface area contributed by atoms with Gasteiger partial charge in [-0.3, -0.25) is 0 Å². The number of aliphatic hydroxyl groups is 2. The van der Waals surface area contributed by atoms with Gasteiger partial charge in [0, 0.05) is 23.8 Å². The highest BCUT2D eigenvalue weighted by atomic mass is 19.4. The molecular formula is C20H19F6NO2. The number of hydrogen-bond acceptors (Lipinski definition) is 3. The first-order valence-corrected chi connectivity index (χ1v) is 8.85. The van der Waals surface area contributed by atoms with Crippen LogP contribution in [0.3, 0.4) is 0 Å². The van der Waals surface area contributed by atoms with Gasteiger partial charge in [-0.15, -0.1) is 0 Å². The van der Waals surface area contributed by atoms with Crippen molar-refractivity contribution < 1.29 is 36.6 Å². The molecule has 2 aromatic carbocycles. The molecule has 0 saturated heterocycles. The van der Waals surface area contributed by atoms with Crippen molar-refractivity contribution in [2.75, 3.05) is 11.4 Å². The molecule has 3 nitrogen and oxygen atoms in total. The lowest BCUT2D eigenvalue weighted by Gasteiger charge is -2.33. The molecule has 158 valence electrons. The van der Waals surface area contributed by atoms with E-state index < -0.39 is 29.6 Å². The molecule has 0 aliphatic carbocycles. The lowest BCUT2D eigenvalue weighted by atomic mass is 9.90. The van der Waals surface area contributed by atoms with Crippen LogP contribution in [0.25, 0.3) is 0 Å². The van der Waals surface area contributed by atoms with Gasteiger partial charge in [0.05, 0.1) is 6.10 Å². The summed E-state index contributed by atoms with van der Waals surface area (Å²) >= 11 is 0. The van der Waals surface area contributed by atoms with Crippen LogP contribution in [-0.2, 0) is 12.0 Å². The largest absolute Gasteiger partial charge is 0.430 e. The molecule has 0 bridgehead atoms. The molecule has 0 amide bonds. The Morgan fingerprint density at radius 1 is 1.00 bits per heavy atom. The number of benzene rings is 2. The average molecular weight is 419 g/mol. The summed E-state index contributed by atoms with van der Waals surface area (Å²) in [6, 6.07) is 11.0. The Balaban J connectivity index is 1.94. The SMILES string of the molecule is CC1Cc2cc(C(O)(C(F)(F)F)C(F)(F)F)ccc2N1CC(O)c1ccccc1. The summed E-state index contributed by atoms with van der Waals surface area (Å²) in [4.78, 5) is 1.73. The van der Waals surface area contributed by atoms with Crippen molar-refractivity contribution in [1.29, 1.82) is 0 Å². The number of nitrogens with zero attached hydrogens (tertiary/aromatic N) is 1. The first kappa shape index (κ1) is 21.4. The number of fused-ring (bicyclic) bond motifs is 1. The van der Waals surface area contributed by atoms with Crippen LogP contribution in [-0.4, -0.2) is 35.2 Å². The minimum atomic E-state index is -5.92. The molecule has 29 heavy (non-hydrogen) atoms. The number of anilines is 1. The summed E-state index contributed by atoms with van der Waals surface area (Å²) in [6.07, 6.45) is -12.5. The standard InChI is InChI=1S/C20H19F6NO2/c1-12-9-14-10-15(18(29,19(21,22)23)20(24,25)26)7-8-16(14)27(12)11-17(28)13-5-3-2-4-6-13/h2-8,10,12,17,28-29H,9,11H2,1H3. The Hall–Kier alpha value is -2.26. The molecule has 1 aliphatic rings. The van der Waals surface area contributed by atoms with E-state index in [4.69, 9.17) is 0 Å². The highest BCUT2D eigenvalue weighted by Crippen LogP contribution is 2.51. The van der Waals surface area contributed by atoms with Gasteiger partial charge in [0.25, 0.3) is 5.60 Å². The zero-order valence-electron chi connectivity index (χ0n) is 15.3. The van der Waals surface area contributed by atoms with E-state index in [0.717, 1.165) is 12.1 Å². The minimum Gasteiger partial charge on any atom is -0.387 e. The monoisotopic (exact) mass is 419 g/mol. The van der Waals surface area contributed by atoms with Gasteiger partial charge in [-0.05, 0) is 30.5 Å². The second kappa shape index (κ2) is 7.21. The van der Waals surface area contributed by atoms with Crippen LogP contribution in [0, 0.1) is 0 Å². The Morgan fingerprint density at radius 2 is 1.59 bits per heavy atom. The van der Waals surface area contributed by atoms with Gasteiger partial charge in [-0.25, -0.2) is 0 Å². The summed E-state index contributed by atoms with van der Waals surface area (Å²) in [5.41, 5.74) is -4.89. The van der Waals surface area contributed by atoms with Crippen molar-refractivity contribution in [2.24, 2.45) is 0 Å². The van der Waals surface area contributed by atoms with E-state index in [2.05, 4.69) is 0 Å². The first-order valence-electron chi connectivity index (χ1n) is 8.85. The van der Waals surface area contributed by atoms with Crippen LogP contribution in [0.1, 0.15) is 29.7 Å². The zero-order valence-corrected chi connectivity index (χ0v) is 15.3. The maximum absolute atomic E-state index is 13.1. The topological polar surface area (TPSA) is 43.7 Å². The van der Waals surface area contributed by atoms with E-state index in [0.29, 0.717) is 17.3 Å². The minimum absolute atomic E-state index is 0.125. The number of halogens is 6. The van der Waals surface area contributed by atoms with E-state index >= 15 is 0 Å². The van der Waals surface area contributed by atoms with Crippen molar-refractivity contribution >= 4 is 5.69 Å². The lowest BCUT2D eigenvalue weighted by molar-refractivity contribution is -0.376. The molecule has 9 heteroatoms. The number of alkyl halides is 6. The third-order valence-electron chi connectivity index (χ3n) is 5.23. The first-order chi connectivity index (χ1) is 13.4. The van der Waals surface area contributed by atoms with Crippen LogP contribution in [0.4, 0.5) is 32.0 Å². The number of aliphatic hydroxyl groups excluding tert-OH is 1. The van der Waals surface area contributed by atoms with Gasteiger partial charge in [0.2, 0.25) is 0 Å². The lowest BCUT2D eigenvalue weighted by Crippen LogP contribution is -2.53. The van der Waals surface area contributed by atoms with Crippen LogP contribution in [0.5, 0.6) is 0 Å². The molecule has 0 fully saturated rings. The highest BCUT2D eigenvalue weighted by Gasteiger charge is 2.71. The summed E-state index contributed by atoms with van der Waals surface area (Å²) in [5.74, 6) is 0. The highest BCUT2D eigenvalue weighted by molar-refractivity contribution is 5.61. The fourth-order valence-electron chi connectivity index (χ4n) is 3.65. The maximum Gasteiger partial charge on any atom is 0.430 e. The Bertz CT molecular complexity index is 852.